The van der Waals surface area contributed by atoms with Crippen molar-refractivity contribution in [3.05, 3.63) is 35.4 Å². The van der Waals surface area contributed by atoms with Crippen LogP contribution in [0.1, 0.15) is 37.6 Å². The molecular formula is C12H19P. The van der Waals surface area contributed by atoms with Crippen molar-refractivity contribution in [1.29, 1.82) is 0 Å². The molecule has 0 aromatic heterocycles. The van der Waals surface area contributed by atoms with Gasteiger partial charge in [-0.2, -0.15) is 0 Å². The second kappa shape index (κ2) is 3.80. The first kappa shape index (κ1) is 10.7. The van der Waals surface area contributed by atoms with E-state index in [-0.39, 0.29) is 0 Å². The lowest BCUT2D eigenvalue weighted by Crippen LogP contribution is -2.13. The largest absolute Gasteiger partial charge is 0.129 e. The molecule has 2 unspecified atom stereocenters. The van der Waals surface area contributed by atoms with Crippen LogP contribution in [0, 0.1) is 12.3 Å². The molecule has 0 saturated heterocycles. The first-order valence-electron chi connectivity index (χ1n) is 4.74. The van der Waals surface area contributed by atoms with E-state index in [1.807, 2.05) is 0 Å². The Kier molecular flexibility index (Phi) is 3.14. The van der Waals surface area contributed by atoms with Crippen LogP contribution in [0.15, 0.2) is 24.3 Å². The van der Waals surface area contributed by atoms with Gasteiger partial charge < -0.3 is 0 Å². The number of rotatable bonds is 1. The summed E-state index contributed by atoms with van der Waals surface area (Å²) in [4.78, 5) is 0. The van der Waals surface area contributed by atoms with Gasteiger partial charge in [0, 0.05) is 5.66 Å². The van der Waals surface area contributed by atoms with Crippen molar-refractivity contribution in [1.82, 2.24) is 0 Å². The Labute approximate surface area is 84.0 Å². The summed E-state index contributed by atoms with van der Waals surface area (Å²) in [6.07, 6.45) is 0. The van der Waals surface area contributed by atoms with Crippen molar-refractivity contribution in [2.45, 2.75) is 33.4 Å². The smallest absolute Gasteiger partial charge is 0.00364 e. The SMILES string of the molecule is Cc1ccccc1C(P)C(C)(C)C. The maximum Gasteiger partial charge on any atom is 0.00364 e. The molecule has 0 aliphatic carbocycles. The highest BCUT2D eigenvalue weighted by Gasteiger charge is 2.22. The van der Waals surface area contributed by atoms with Crippen molar-refractivity contribution < 1.29 is 0 Å². The van der Waals surface area contributed by atoms with Gasteiger partial charge in [-0.15, -0.1) is 9.24 Å². The molecule has 0 spiro atoms. The Balaban J connectivity index is 3.02. The minimum atomic E-state index is 0.316. The van der Waals surface area contributed by atoms with Gasteiger partial charge >= 0.3 is 0 Å². The molecule has 0 bridgehead atoms. The van der Waals surface area contributed by atoms with Crippen LogP contribution >= 0.6 is 9.24 Å². The molecule has 0 saturated carbocycles. The summed E-state index contributed by atoms with van der Waals surface area (Å²) < 4.78 is 0. The molecule has 0 aliphatic heterocycles. The van der Waals surface area contributed by atoms with Crippen LogP contribution < -0.4 is 0 Å². The van der Waals surface area contributed by atoms with Gasteiger partial charge in [0.15, 0.2) is 0 Å². The van der Waals surface area contributed by atoms with Gasteiger partial charge in [0.25, 0.3) is 0 Å². The molecule has 0 heterocycles. The quantitative estimate of drug-likeness (QED) is 0.594. The minimum absolute atomic E-state index is 0.316. The maximum atomic E-state index is 2.95. The third kappa shape index (κ3) is 2.54. The third-order valence-electron chi connectivity index (χ3n) is 2.46. The van der Waals surface area contributed by atoms with Crippen molar-refractivity contribution >= 4 is 9.24 Å². The lowest BCUT2D eigenvalue weighted by atomic mass is 9.86. The van der Waals surface area contributed by atoms with Crippen molar-refractivity contribution in [3.63, 3.8) is 0 Å². The fourth-order valence-electron chi connectivity index (χ4n) is 1.40. The highest BCUT2D eigenvalue weighted by atomic mass is 31.0. The second-order valence-corrected chi connectivity index (χ2v) is 5.37. The summed E-state index contributed by atoms with van der Waals surface area (Å²) in [5.74, 6) is 0. The Morgan fingerprint density at radius 2 is 1.69 bits per heavy atom. The van der Waals surface area contributed by atoms with Crippen LogP contribution in [0.3, 0.4) is 0 Å². The predicted octanol–water partition coefficient (Wildman–Crippen LogP) is 3.96. The summed E-state index contributed by atoms with van der Waals surface area (Å²) in [6, 6.07) is 8.61. The van der Waals surface area contributed by atoms with E-state index in [4.69, 9.17) is 0 Å². The van der Waals surface area contributed by atoms with Crippen LogP contribution in [-0.2, 0) is 0 Å². The molecule has 2 atom stereocenters. The number of benzene rings is 1. The molecule has 1 aromatic carbocycles. The lowest BCUT2D eigenvalue weighted by molar-refractivity contribution is 0.400. The van der Waals surface area contributed by atoms with E-state index in [9.17, 15) is 0 Å². The molecule has 0 amide bonds. The van der Waals surface area contributed by atoms with Crippen molar-refractivity contribution in [3.8, 4) is 0 Å². The predicted molar refractivity (Wildman–Crippen MR) is 63.1 cm³/mol. The summed E-state index contributed by atoms with van der Waals surface area (Å²) in [5.41, 5.74) is 3.68. The molecule has 72 valence electrons. The monoisotopic (exact) mass is 194 g/mol. The first-order valence-corrected chi connectivity index (χ1v) is 5.40. The van der Waals surface area contributed by atoms with E-state index in [0.717, 1.165) is 0 Å². The van der Waals surface area contributed by atoms with E-state index in [1.165, 1.54) is 11.1 Å². The summed E-state index contributed by atoms with van der Waals surface area (Å²) in [5, 5.41) is 0. The summed E-state index contributed by atoms with van der Waals surface area (Å²) in [6.45, 7) is 9.00. The van der Waals surface area contributed by atoms with Gasteiger partial charge in [0.2, 0.25) is 0 Å². The standard InChI is InChI=1S/C12H19P/c1-9-7-5-6-8-10(9)11(13)12(2,3)4/h5-8,11H,13H2,1-4H3. The average Bonchev–Trinajstić information content (AvgIpc) is 2.02. The first-order chi connectivity index (χ1) is 5.93. The molecule has 1 aromatic rings. The topological polar surface area (TPSA) is 0 Å². The van der Waals surface area contributed by atoms with E-state index in [2.05, 4.69) is 61.2 Å². The van der Waals surface area contributed by atoms with Crippen molar-refractivity contribution in [2.75, 3.05) is 0 Å². The minimum Gasteiger partial charge on any atom is -0.129 e. The molecule has 0 fully saturated rings. The molecule has 1 rings (SSSR count). The van der Waals surface area contributed by atoms with Crippen LogP contribution in [-0.4, -0.2) is 0 Å². The third-order valence-corrected chi connectivity index (χ3v) is 3.82. The van der Waals surface area contributed by atoms with Gasteiger partial charge in [-0.1, -0.05) is 45.0 Å². The van der Waals surface area contributed by atoms with Gasteiger partial charge in [-0.25, -0.2) is 0 Å². The van der Waals surface area contributed by atoms with E-state index in [1.54, 1.807) is 0 Å². The van der Waals surface area contributed by atoms with E-state index >= 15 is 0 Å². The molecule has 0 N–H and O–H groups in total. The van der Waals surface area contributed by atoms with E-state index in [0.29, 0.717) is 11.1 Å². The molecule has 0 nitrogen and oxygen atoms in total. The highest BCUT2D eigenvalue weighted by molar-refractivity contribution is 7.17. The Morgan fingerprint density at radius 3 is 2.15 bits per heavy atom. The Morgan fingerprint density at radius 1 is 1.15 bits per heavy atom. The van der Waals surface area contributed by atoms with Crippen LogP contribution in [0.4, 0.5) is 0 Å². The Bertz CT molecular complexity index is 283. The normalized spacial score (nSPS) is 14.2. The maximum absolute atomic E-state index is 2.95. The van der Waals surface area contributed by atoms with Gasteiger partial charge in [0.05, 0.1) is 0 Å². The van der Waals surface area contributed by atoms with Gasteiger partial charge in [-0.05, 0) is 23.5 Å². The second-order valence-electron chi connectivity index (χ2n) is 4.70. The van der Waals surface area contributed by atoms with Crippen LogP contribution in [0.2, 0.25) is 0 Å². The molecule has 0 radical (unpaired) electrons. The fraction of sp³-hybridized carbons (Fsp3) is 0.500. The summed E-state index contributed by atoms with van der Waals surface area (Å²) >= 11 is 0. The van der Waals surface area contributed by atoms with E-state index < -0.39 is 0 Å². The number of aryl methyl sites for hydroxylation is 1. The zero-order valence-electron chi connectivity index (χ0n) is 8.96. The lowest BCUT2D eigenvalue weighted by Gasteiger charge is -2.28. The number of hydrogen-bond donors (Lipinski definition) is 0. The zero-order valence-corrected chi connectivity index (χ0v) is 10.1. The summed E-state index contributed by atoms with van der Waals surface area (Å²) in [7, 11) is 2.95. The molecule has 1 heteroatoms. The zero-order chi connectivity index (χ0) is 10.1. The molecule has 13 heavy (non-hydrogen) atoms. The van der Waals surface area contributed by atoms with Crippen molar-refractivity contribution in [2.24, 2.45) is 5.41 Å². The highest BCUT2D eigenvalue weighted by Crippen LogP contribution is 2.41. The van der Waals surface area contributed by atoms with Crippen LogP contribution in [0.25, 0.3) is 0 Å². The van der Waals surface area contributed by atoms with Gasteiger partial charge in [-0.3, -0.25) is 0 Å². The van der Waals surface area contributed by atoms with Gasteiger partial charge in [0.1, 0.15) is 0 Å². The van der Waals surface area contributed by atoms with Crippen LogP contribution in [0.5, 0.6) is 0 Å². The molecular weight excluding hydrogens is 175 g/mol. The fourth-order valence-corrected chi connectivity index (χ4v) is 1.78. The average molecular weight is 194 g/mol. The Hall–Kier alpha value is -0.350. The number of hydrogen-bond acceptors (Lipinski definition) is 0. The molecule has 0 aliphatic rings.